The second-order valence-corrected chi connectivity index (χ2v) is 6.32. The molecule has 30 heavy (non-hydrogen) atoms. The first-order chi connectivity index (χ1) is 14.2. The van der Waals surface area contributed by atoms with Gasteiger partial charge in [-0.2, -0.15) is 28.2 Å². The van der Waals surface area contributed by atoms with Crippen molar-refractivity contribution in [2.24, 2.45) is 0 Å². The molecule has 1 unspecified atom stereocenters. The van der Waals surface area contributed by atoms with Crippen LogP contribution in [0.25, 0.3) is 5.82 Å². The van der Waals surface area contributed by atoms with Crippen LogP contribution < -0.4 is 10.6 Å². The van der Waals surface area contributed by atoms with Crippen LogP contribution in [0.3, 0.4) is 0 Å². The zero-order valence-electron chi connectivity index (χ0n) is 15.1. The predicted molar refractivity (Wildman–Crippen MR) is 98.7 cm³/mol. The molecule has 154 valence electrons. The van der Waals surface area contributed by atoms with Crippen molar-refractivity contribution in [3.05, 3.63) is 59.0 Å². The van der Waals surface area contributed by atoms with E-state index in [1.54, 1.807) is 19.1 Å². The van der Waals surface area contributed by atoms with Gasteiger partial charge < -0.3 is 10.6 Å². The van der Waals surface area contributed by atoms with Gasteiger partial charge in [0.05, 0.1) is 28.5 Å². The molecule has 0 aliphatic carbocycles. The number of urea groups is 1. The van der Waals surface area contributed by atoms with Gasteiger partial charge >= 0.3 is 12.2 Å². The lowest BCUT2D eigenvalue weighted by Crippen LogP contribution is -2.32. The molecule has 0 aliphatic rings. The maximum absolute atomic E-state index is 12.7. The van der Waals surface area contributed by atoms with Gasteiger partial charge in [-0.1, -0.05) is 11.6 Å². The highest BCUT2D eigenvalue weighted by Gasteiger charge is 2.33. The van der Waals surface area contributed by atoms with Gasteiger partial charge in [0.1, 0.15) is 18.1 Å². The second-order valence-electron chi connectivity index (χ2n) is 5.91. The lowest BCUT2D eigenvalue weighted by molar-refractivity contribution is -0.141. The quantitative estimate of drug-likeness (QED) is 0.645. The van der Waals surface area contributed by atoms with Gasteiger partial charge in [-0.05, 0) is 25.1 Å². The number of hydrogen-bond acceptors (Lipinski definition) is 6. The Balaban J connectivity index is 1.71. The molecule has 0 fully saturated rings. The summed E-state index contributed by atoms with van der Waals surface area (Å²) in [4.78, 5) is 23.7. The molecule has 0 saturated heterocycles. The van der Waals surface area contributed by atoms with Gasteiger partial charge in [0.2, 0.25) is 0 Å². The molecule has 0 bridgehead atoms. The maximum Gasteiger partial charge on any atom is 0.433 e. The molecule has 9 nitrogen and oxygen atoms in total. The zero-order valence-corrected chi connectivity index (χ0v) is 15.9. The lowest BCUT2D eigenvalue weighted by atomic mass is 10.3. The molecule has 3 rings (SSSR count). The Hall–Kier alpha value is -3.72. The van der Waals surface area contributed by atoms with E-state index in [9.17, 15) is 18.0 Å². The lowest BCUT2D eigenvalue weighted by Gasteiger charge is -2.15. The van der Waals surface area contributed by atoms with Crippen molar-refractivity contribution in [2.45, 2.75) is 19.1 Å². The Morgan fingerprint density at radius 1 is 1.27 bits per heavy atom. The molecule has 13 heteroatoms. The number of nitriles is 1. The number of anilines is 1. The first-order valence-corrected chi connectivity index (χ1v) is 8.63. The monoisotopic (exact) mass is 436 g/mol. The number of carbonyl (C=O) groups excluding carboxylic acids is 1. The highest BCUT2D eigenvalue weighted by Crippen LogP contribution is 2.31. The van der Waals surface area contributed by atoms with Crippen LogP contribution in [-0.2, 0) is 6.18 Å². The molecular weight excluding hydrogens is 425 g/mol. The molecule has 2 amide bonds. The van der Waals surface area contributed by atoms with E-state index in [0.717, 1.165) is 6.20 Å². The number of nitrogens with one attached hydrogen (secondary N) is 2. The van der Waals surface area contributed by atoms with Gasteiger partial charge in [0, 0.05) is 6.20 Å². The van der Waals surface area contributed by atoms with Gasteiger partial charge in [0.25, 0.3) is 0 Å². The number of hydrogen-bond donors (Lipinski definition) is 2. The molecule has 3 aromatic rings. The number of halogens is 4. The van der Waals surface area contributed by atoms with Crippen molar-refractivity contribution in [3.8, 4) is 11.9 Å². The Morgan fingerprint density at radius 3 is 2.63 bits per heavy atom. The number of alkyl halides is 3. The summed E-state index contributed by atoms with van der Waals surface area (Å²) < 4.78 is 39.3. The summed E-state index contributed by atoms with van der Waals surface area (Å²) >= 11 is 5.81. The number of amides is 2. The largest absolute Gasteiger partial charge is 0.433 e. The van der Waals surface area contributed by atoms with E-state index in [-0.39, 0.29) is 10.7 Å². The van der Waals surface area contributed by atoms with Gasteiger partial charge in [-0.25, -0.2) is 19.7 Å². The summed E-state index contributed by atoms with van der Waals surface area (Å²) in [5.74, 6) is 0.713. The number of rotatable bonds is 4. The minimum atomic E-state index is -4.65. The van der Waals surface area contributed by atoms with E-state index in [4.69, 9.17) is 16.9 Å². The van der Waals surface area contributed by atoms with Crippen molar-refractivity contribution in [2.75, 3.05) is 5.32 Å². The minimum Gasteiger partial charge on any atom is -0.328 e. The predicted octanol–water partition coefficient (Wildman–Crippen LogP) is 3.48. The van der Waals surface area contributed by atoms with Crippen LogP contribution in [0, 0.1) is 11.3 Å². The van der Waals surface area contributed by atoms with E-state index >= 15 is 0 Å². The van der Waals surface area contributed by atoms with E-state index in [0.29, 0.717) is 23.3 Å². The van der Waals surface area contributed by atoms with Crippen LogP contribution in [0.2, 0.25) is 5.02 Å². The van der Waals surface area contributed by atoms with E-state index in [1.807, 2.05) is 6.07 Å². The summed E-state index contributed by atoms with van der Waals surface area (Å²) in [6.07, 6.45) is -1.20. The summed E-state index contributed by atoms with van der Waals surface area (Å²) in [6, 6.07) is 4.29. The van der Waals surface area contributed by atoms with Gasteiger partial charge in [-0.15, -0.1) is 0 Å². The second kappa shape index (κ2) is 8.34. The highest BCUT2D eigenvalue weighted by molar-refractivity contribution is 6.33. The van der Waals surface area contributed by atoms with E-state index < -0.39 is 23.9 Å². The average Bonchev–Trinajstić information content (AvgIpc) is 3.19. The highest BCUT2D eigenvalue weighted by atomic mass is 35.5. The fraction of sp³-hybridized carbons (Fsp3) is 0.176. The molecule has 0 radical (unpaired) electrons. The topological polar surface area (TPSA) is 121 Å². The smallest absolute Gasteiger partial charge is 0.328 e. The van der Waals surface area contributed by atoms with Crippen molar-refractivity contribution in [1.29, 1.82) is 5.26 Å². The fourth-order valence-electron chi connectivity index (χ4n) is 2.40. The third kappa shape index (κ3) is 4.64. The minimum absolute atomic E-state index is 0.0930. The summed E-state index contributed by atoms with van der Waals surface area (Å²) in [6.45, 7) is 1.62. The first kappa shape index (κ1) is 21.0. The molecule has 2 N–H and O–H groups in total. The molecular formula is C17H12ClF3N8O. The Morgan fingerprint density at radius 2 is 2.03 bits per heavy atom. The standard InChI is InChI=1S/C17H12ClF3N8O/c1-9(15-25-8-26-29(15)14-3-2-10(5-22)6-24-14)27-16(30)28-12-7-23-13(4-11(12)18)17(19,20)21/h2-4,6-9H,1H3,(H2,27,28,30). The number of carbonyl (C=O) groups is 1. The Labute approximate surface area is 172 Å². The summed E-state index contributed by atoms with van der Waals surface area (Å²) in [5, 5.41) is 17.5. The van der Waals surface area contributed by atoms with Crippen LogP contribution in [-0.4, -0.2) is 30.8 Å². The van der Waals surface area contributed by atoms with Gasteiger partial charge in [0.15, 0.2) is 11.6 Å². The molecule has 3 aromatic heterocycles. The molecule has 0 aromatic carbocycles. The molecule has 0 spiro atoms. The molecule has 1 atom stereocenters. The normalized spacial score (nSPS) is 12.1. The molecule has 0 saturated carbocycles. The van der Waals surface area contributed by atoms with Crippen LogP contribution in [0.5, 0.6) is 0 Å². The number of aromatic nitrogens is 5. The molecule has 0 aliphatic heterocycles. The molecule has 3 heterocycles. The van der Waals surface area contributed by atoms with Gasteiger partial charge in [-0.3, -0.25) is 0 Å². The number of pyridine rings is 2. The SMILES string of the molecule is CC(NC(=O)Nc1cnc(C(F)(F)F)cc1Cl)c1ncnn1-c1ccc(C#N)cn1. The van der Waals surface area contributed by atoms with Crippen molar-refractivity contribution < 1.29 is 18.0 Å². The van der Waals surface area contributed by atoms with Crippen LogP contribution in [0.1, 0.15) is 30.0 Å². The van der Waals surface area contributed by atoms with E-state index in [1.165, 1.54) is 17.2 Å². The summed E-state index contributed by atoms with van der Waals surface area (Å²) in [7, 11) is 0. The summed E-state index contributed by atoms with van der Waals surface area (Å²) in [5.41, 5.74) is -0.896. The number of nitrogens with zero attached hydrogens (tertiary/aromatic N) is 6. The van der Waals surface area contributed by atoms with Crippen molar-refractivity contribution in [3.63, 3.8) is 0 Å². The first-order valence-electron chi connectivity index (χ1n) is 8.25. The Kier molecular flexibility index (Phi) is 5.84. The van der Waals surface area contributed by atoms with Crippen molar-refractivity contribution in [1.82, 2.24) is 30.0 Å². The fourth-order valence-corrected chi connectivity index (χ4v) is 2.60. The average molecular weight is 437 g/mol. The maximum atomic E-state index is 12.7. The van der Waals surface area contributed by atoms with E-state index in [2.05, 4.69) is 30.7 Å². The Bertz CT molecular complexity index is 1110. The van der Waals surface area contributed by atoms with Crippen LogP contribution >= 0.6 is 11.6 Å². The van der Waals surface area contributed by atoms with Crippen molar-refractivity contribution >= 4 is 23.3 Å². The van der Waals surface area contributed by atoms with Crippen LogP contribution in [0.4, 0.5) is 23.7 Å². The third-order valence-electron chi connectivity index (χ3n) is 3.80. The van der Waals surface area contributed by atoms with Crippen LogP contribution in [0.15, 0.2) is 36.9 Å². The zero-order chi connectivity index (χ0) is 21.9. The third-order valence-corrected chi connectivity index (χ3v) is 4.11.